The van der Waals surface area contributed by atoms with Crippen molar-refractivity contribution in [3.63, 3.8) is 0 Å². The van der Waals surface area contributed by atoms with Gasteiger partial charge in [-0.05, 0) is 49.9 Å². The Bertz CT molecular complexity index is 1030. The lowest BCUT2D eigenvalue weighted by molar-refractivity contribution is -0.115. The molecule has 0 saturated carbocycles. The van der Waals surface area contributed by atoms with E-state index in [2.05, 4.69) is 37.1 Å². The van der Waals surface area contributed by atoms with E-state index < -0.39 is 5.97 Å². The lowest BCUT2D eigenvalue weighted by Gasteiger charge is -2.09. The molecule has 3 rings (SSSR count). The highest BCUT2D eigenvalue weighted by Crippen LogP contribution is 2.29. The van der Waals surface area contributed by atoms with Crippen LogP contribution < -0.4 is 5.32 Å². The van der Waals surface area contributed by atoms with Crippen molar-refractivity contribution in [2.75, 3.05) is 11.9 Å². The SMILES string of the molecule is CCOC(=O)c1sc(NC(=O)Cc2coc3cc(C)c(C(C)C)cc23)nc1C. The van der Waals surface area contributed by atoms with Gasteiger partial charge < -0.3 is 14.5 Å². The Morgan fingerprint density at radius 2 is 2.04 bits per heavy atom. The van der Waals surface area contributed by atoms with Gasteiger partial charge in [0.25, 0.3) is 0 Å². The highest BCUT2D eigenvalue weighted by Gasteiger charge is 2.19. The summed E-state index contributed by atoms with van der Waals surface area (Å²) in [5.74, 6) is -0.241. The summed E-state index contributed by atoms with van der Waals surface area (Å²) in [6, 6.07) is 4.12. The molecule has 0 atom stereocenters. The van der Waals surface area contributed by atoms with E-state index in [1.807, 2.05) is 6.07 Å². The lowest BCUT2D eigenvalue weighted by atomic mass is 9.95. The second-order valence-corrected chi connectivity index (χ2v) is 8.00. The quantitative estimate of drug-likeness (QED) is 0.590. The summed E-state index contributed by atoms with van der Waals surface area (Å²) in [6.45, 7) is 10.1. The van der Waals surface area contributed by atoms with E-state index >= 15 is 0 Å². The molecule has 148 valence electrons. The molecule has 2 heterocycles. The molecule has 1 N–H and O–H groups in total. The zero-order valence-corrected chi connectivity index (χ0v) is 17.5. The number of hydrogen-bond acceptors (Lipinski definition) is 6. The molecular formula is C21H24N2O4S. The van der Waals surface area contributed by atoms with Crippen molar-refractivity contribution in [2.24, 2.45) is 0 Å². The summed E-state index contributed by atoms with van der Waals surface area (Å²) in [7, 11) is 0. The van der Waals surface area contributed by atoms with Crippen LogP contribution in [0.15, 0.2) is 22.8 Å². The first kappa shape index (κ1) is 20.1. The Hall–Kier alpha value is -2.67. The van der Waals surface area contributed by atoms with Gasteiger partial charge in [0.15, 0.2) is 5.13 Å². The molecule has 0 bridgehead atoms. The first-order chi connectivity index (χ1) is 13.3. The van der Waals surface area contributed by atoms with Crippen LogP contribution in [-0.4, -0.2) is 23.5 Å². The average Bonchev–Trinajstić information content (AvgIpc) is 3.17. The molecule has 0 aliphatic heterocycles. The van der Waals surface area contributed by atoms with Crippen molar-refractivity contribution in [3.8, 4) is 0 Å². The molecule has 0 radical (unpaired) electrons. The smallest absolute Gasteiger partial charge is 0.350 e. The van der Waals surface area contributed by atoms with Gasteiger partial charge in [-0.2, -0.15) is 0 Å². The van der Waals surface area contributed by atoms with E-state index in [1.54, 1.807) is 20.1 Å². The molecule has 28 heavy (non-hydrogen) atoms. The molecule has 2 aromatic heterocycles. The fourth-order valence-electron chi connectivity index (χ4n) is 3.18. The third kappa shape index (κ3) is 4.09. The standard InChI is InChI=1S/C21H24N2O4S/c1-6-26-20(25)19-13(5)22-21(28-19)23-18(24)8-14-10-27-17-7-12(4)15(11(2)3)9-16(14)17/h7,9-11H,6,8H2,1-5H3,(H,22,23,24). The molecular weight excluding hydrogens is 376 g/mol. The normalized spacial score (nSPS) is 11.2. The minimum Gasteiger partial charge on any atom is -0.464 e. The van der Waals surface area contributed by atoms with Crippen LogP contribution in [0, 0.1) is 13.8 Å². The molecule has 0 saturated heterocycles. The average molecular weight is 401 g/mol. The maximum Gasteiger partial charge on any atom is 0.350 e. The molecule has 0 aliphatic carbocycles. The van der Waals surface area contributed by atoms with Gasteiger partial charge in [-0.15, -0.1) is 0 Å². The summed E-state index contributed by atoms with van der Waals surface area (Å²) in [5, 5.41) is 4.11. The molecule has 3 aromatic rings. The van der Waals surface area contributed by atoms with Gasteiger partial charge in [0.2, 0.25) is 5.91 Å². The minimum atomic E-state index is -0.421. The minimum absolute atomic E-state index is 0.168. The Kier molecular flexibility index (Phi) is 5.84. The van der Waals surface area contributed by atoms with Crippen LogP contribution >= 0.6 is 11.3 Å². The van der Waals surface area contributed by atoms with E-state index in [4.69, 9.17) is 9.15 Å². The van der Waals surface area contributed by atoms with Crippen molar-refractivity contribution in [1.29, 1.82) is 0 Å². The number of nitrogens with one attached hydrogen (secondary N) is 1. The van der Waals surface area contributed by atoms with E-state index in [1.165, 1.54) is 11.1 Å². The van der Waals surface area contributed by atoms with Gasteiger partial charge in [-0.25, -0.2) is 9.78 Å². The Morgan fingerprint density at radius 1 is 1.29 bits per heavy atom. The summed E-state index contributed by atoms with van der Waals surface area (Å²) in [6.07, 6.45) is 1.80. The number of aromatic nitrogens is 1. The third-order valence-corrected chi connectivity index (χ3v) is 5.57. The summed E-state index contributed by atoms with van der Waals surface area (Å²) in [4.78, 5) is 29.1. The number of carbonyl (C=O) groups excluding carboxylic acids is 2. The van der Waals surface area contributed by atoms with Crippen molar-refractivity contribution >= 4 is 39.3 Å². The molecule has 7 heteroatoms. The number of furan rings is 1. The zero-order valence-electron chi connectivity index (χ0n) is 16.7. The van der Waals surface area contributed by atoms with Crippen molar-refractivity contribution in [3.05, 3.63) is 45.7 Å². The number of hydrogen-bond donors (Lipinski definition) is 1. The fourth-order valence-corrected chi connectivity index (χ4v) is 4.05. The highest BCUT2D eigenvalue weighted by molar-refractivity contribution is 7.17. The van der Waals surface area contributed by atoms with Crippen molar-refractivity contribution in [1.82, 2.24) is 4.98 Å². The number of nitrogens with zero attached hydrogens (tertiary/aromatic N) is 1. The number of thiazole rings is 1. The Labute approximate surface area is 167 Å². The number of rotatable bonds is 6. The largest absolute Gasteiger partial charge is 0.464 e. The topological polar surface area (TPSA) is 81.4 Å². The second-order valence-electron chi connectivity index (χ2n) is 7.00. The molecule has 0 spiro atoms. The van der Waals surface area contributed by atoms with Gasteiger partial charge in [0.1, 0.15) is 10.5 Å². The van der Waals surface area contributed by atoms with Crippen LogP contribution in [0.3, 0.4) is 0 Å². The number of fused-ring (bicyclic) bond motifs is 1. The fraction of sp³-hybridized carbons (Fsp3) is 0.381. The number of ether oxygens (including phenoxy) is 1. The monoisotopic (exact) mass is 400 g/mol. The summed E-state index contributed by atoms with van der Waals surface area (Å²) >= 11 is 1.12. The van der Waals surface area contributed by atoms with Crippen LogP contribution in [0.2, 0.25) is 0 Å². The van der Waals surface area contributed by atoms with Gasteiger partial charge in [0.05, 0.1) is 25.0 Å². The first-order valence-electron chi connectivity index (χ1n) is 9.25. The van der Waals surface area contributed by atoms with Gasteiger partial charge in [-0.3, -0.25) is 4.79 Å². The highest BCUT2D eigenvalue weighted by atomic mass is 32.1. The number of carbonyl (C=O) groups is 2. The Balaban J connectivity index is 1.78. The predicted molar refractivity (Wildman–Crippen MR) is 110 cm³/mol. The van der Waals surface area contributed by atoms with Crippen molar-refractivity contribution < 1.29 is 18.7 Å². The van der Waals surface area contributed by atoms with Crippen molar-refractivity contribution in [2.45, 2.75) is 47.0 Å². The van der Waals surface area contributed by atoms with E-state index in [-0.39, 0.29) is 12.3 Å². The number of benzene rings is 1. The van der Waals surface area contributed by atoms with Crippen LogP contribution in [0.1, 0.15) is 58.7 Å². The number of anilines is 1. The zero-order chi connectivity index (χ0) is 20.4. The summed E-state index contributed by atoms with van der Waals surface area (Å²) < 4.78 is 10.7. The molecule has 0 fully saturated rings. The van der Waals surface area contributed by atoms with Crippen LogP contribution in [0.25, 0.3) is 11.0 Å². The second kappa shape index (κ2) is 8.14. The van der Waals surface area contributed by atoms with E-state index in [9.17, 15) is 9.59 Å². The molecule has 6 nitrogen and oxygen atoms in total. The number of amides is 1. The van der Waals surface area contributed by atoms with E-state index in [0.29, 0.717) is 28.2 Å². The number of esters is 1. The maximum atomic E-state index is 12.5. The molecule has 0 aliphatic rings. The van der Waals surface area contributed by atoms with E-state index in [0.717, 1.165) is 27.9 Å². The van der Waals surface area contributed by atoms with Gasteiger partial charge >= 0.3 is 5.97 Å². The van der Waals surface area contributed by atoms with Crippen LogP contribution in [-0.2, 0) is 16.0 Å². The lowest BCUT2D eigenvalue weighted by Crippen LogP contribution is -2.14. The van der Waals surface area contributed by atoms with Gasteiger partial charge in [0, 0.05) is 10.9 Å². The van der Waals surface area contributed by atoms with Gasteiger partial charge in [-0.1, -0.05) is 25.2 Å². The Morgan fingerprint density at radius 3 is 2.71 bits per heavy atom. The molecule has 1 aromatic carbocycles. The van der Waals surface area contributed by atoms with Crippen LogP contribution in [0.5, 0.6) is 0 Å². The predicted octanol–water partition coefficient (Wildman–Crippen LogP) is 4.99. The number of aryl methyl sites for hydroxylation is 2. The molecule has 1 amide bonds. The maximum absolute atomic E-state index is 12.5. The third-order valence-electron chi connectivity index (χ3n) is 4.52. The first-order valence-corrected chi connectivity index (χ1v) is 10.1. The molecule has 0 unspecified atom stereocenters. The summed E-state index contributed by atoms with van der Waals surface area (Å²) in [5.41, 5.74) is 4.57. The van der Waals surface area contributed by atoms with Crippen LogP contribution in [0.4, 0.5) is 5.13 Å².